The summed E-state index contributed by atoms with van der Waals surface area (Å²) >= 11 is 0. The lowest BCUT2D eigenvalue weighted by Crippen LogP contribution is -2.11. The van der Waals surface area contributed by atoms with Gasteiger partial charge in [-0.05, 0) is 35.9 Å². The molecule has 0 aromatic heterocycles. The van der Waals surface area contributed by atoms with Gasteiger partial charge in [0.15, 0.2) is 17.3 Å². The smallest absolute Gasteiger partial charge is 0.335 e. The van der Waals surface area contributed by atoms with E-state index in [1.807, 2.05) is 0 Å². The molecule has 0 saturated carbocycles. The van der Waals surface area contributed by atoms with Crippen molar-refractivity contribution in [2.24, 2.45) is 0 Å². The number of hydrogen-bond acceptors (Lipinski definition) is 7. The zero-order valence-corrected chi connectivity index (χ0v) is 16.4. The molecular formula is C24H18O7. The van der Waals surface area contributed by atoms with E-state index < -0.39 is 23.7 Å². The molecule has 156 valence electrons. The summed E-state index contributed by atoms with van der Waals surface area (Å²) in [6.07, 6.45) is 5.58. The molecule has 2 aromatic carbocycles. The molecule has 0 bridgehead atoms. The van der Waals surface area contributed by atoms with E-state index in [1.54, 1.807) is 24.3 Å². The van der Waals surface area contributed by atoms with Crippen molar-refractivity contribution in [1.29, 1.82) is 0 Å². The van der Waals surface area contributed by atoms with Crippen LogP contribution in [0.1, 0.15) is 15.9 Å². The summed E-state index contributed by atoms with van der Waals surface area (Å²) in [4.78, 5) is 47.4. The number of ether oxygens (including phenoxy) is 3. The SMILES string of the molecule is C=CC(=O)Oc1cccc(C=CC(=O)c2cccc(OC(=O)C=C)c2OC(=O)C=C)c1. The number of esters is 3. The average Bonchev–Trinajstić information content (AvgIpc) is 2.78. The Hall–Kier alpha value is -4.52. The van der Waals surface area contributed by atoms with Crippen molar-refractivity contribution in [2.75, 3.05) is 0 Å². The zero-order valence-electron chi connectivity index (χ0n) is 16.4. The Balaban J connectivity index is 2.35. The van der Waals surface area contributed by atoms with Crippen molar-refractivity contribution in [2.45, 2.75) is 0 Å². The van der Waals surface area contributed by atoms with E-state index in [9.17, 15) is 19.2 Å². The van der Waals surface area contributed by atoms with Gasteiger partial charge in [-0.1, -0.05) is 44.0 Å². The first-order valence-corrected chi connectivity index (χ1v) is 8.86. The second-order valence-corrected chi connectivity index (χ2v) is 5.78. The highest BCUT2D eigenvalue weighted by molar-refractivity contribution is 6.09. The Labute approximate surface area is 178 Å². The highest BCUT2D eigenvalue weighted by atomic mass is 16.6. The third-order valence-corrected chi connectivity index (χ3v) is 3.66. The minimum Gasteiger partial charge on any atom is -0.423 e. The van der Waals surface area contributed by atoms with Crippen LogP contribution in [0.25, 0.3) is 6.08 Å². The lowest BCUT2D eigenvalue weighted by atomic mass is 10.1. The minimum absolute atomic E-state index is 0.0185. The summed E-state index contributed by atoms with van der Waals surface area (Å²) in [6, 6.07) is 10.7. The fourth-order valence-electron chi connectivity index (χ4n) is 2.29. The molecule has 0 aliphatic rings. The Morgan fingerprint density at radius 3 is 2.03 bits per heavy atom. The number of rotatable bonds is 9. The monoisotopic (exact) mass is 418 g/mol. The van der Waals surface area contributed by atoms with Crippen molar-refractivity contribution in [3.63, 3.8) is 0 Å². The number of carbonyl (C=O) groups is 4. The third kappa shape index (κ3) is 6.50. The number of hydrogen-bond donors (Lipinski definition) is 0. The van der Waals surface area contributed by atoms with E-state index >= 15 is 0 Å². The molecule has 0 unspecified atom stereocenters. The molecule has 7 heteroatoms. The molecule has 0 radical (unpaired) electrons. The third-order valence-electron chi connectivity index (χ3n) is 3.66. The fraction of sp³-hybridized carbons (Fsp3) is 0. The molecule has 0 N–H and O–H groups in total. The van der Waals surface area contributed by atoms with Crippen LogP contribution in [0.4, 0.5) is 0 Å². The van der Waals surface area contributed by atoms with Gasteiger partial charge in [-0.15, -0.1) is 0 Å². The van der Waals surface area contributed by atoms with Gasteiger partial charge in [-0.2, -0.15) is 0 Å². The van der Waals surface area contributed by atoms with Gasteiger partial charge in [0.1, 0.15) is 5.75 Å². The predicted octanol–water partition coefficient (Wildman–Crippen LogP) is 3.86. The van der Waals surface area contributed by atoms with Gasteiger partial charge in [0, 0.05) is 18.2 Å². The Morgan fingerprint density at radius 2 is 1.35 bits per heavy atom. The molecule has 0 aliphatic heterocycles. The summed E-state index contributed by atoms with van der Waals surface area (Å²) in [7, 11) is 0. The van der Waals surface area contributed by atoms with Crippen LogP contribution < -0.4 is 14.2 Å². The van der Waals surface area contributed by atoms with Crippen LogP contribution >= 0.6 is 0 Å². The number of benzene rings is 2. The van der Waals surface area contributed by atoms with Crippen molar-refractivity contribution in [1.82, 2.24) is 0 Å². The van der Waals surface area contributed by atoms with E-state index in [1.165, 1.54) is 30.4 Å². The number of ketones is 1. The second-order valence-electron chi connectivity index (χ2n) is 5.78. The summed E-state index contributed by atoms with van der Waals surface area (Å²) in [5, 5.41) is 0. The van der Waals surface area contributed by atoms with Gasteiger partial charge in [-0.3, -0.25) is 4.79 Å². The summed E-state index contributed by atoms with van der Waals surface area (Å²) < 4.78 is 15.2. The molecule has 0 aliphatic carbocycles. The number of allylic oxidation sites excluding steroid dienone is 1. The molecule has 2 rings (SSSR count). The Bertz CT molecular complexity index is 1090. The van der Waals surface area contributed by atoms with Crippen LogP contribution in [-0.2, 0) is 14.4 Å². The maximum Gasteiger partial charge on any atom is 0.335 e. The van der Waals surface area contributed by atoms with Crippen LogP contribution in [0.2, 0.25) is 0 Å². The van der Waals surface area contributed by atoms with E-state index in [0.717, 1.165) is 18.2 Å². The van der Waals surface area contributed by atoms with Gasteiger partial charge in [-0.25, -0.2) is 14.4 Å². The molecule has 2 aromatic rings. The van der Waals surface area contributed by atoms with Crippen molar-refractivity contribution >= 4 is 29.8 Å². The van der Waals surface area contributed by atoms with E-state index in [4.69, 9.17) is 14.2 Å². The molecular weight excluding hydrogens is 400 g/mol. The van der Waals surface area contributed by atoms with Crippen molar-refractivity contribution < 1.29 is 33.4 Å². The van der Waals surface area contributed by atoms with Crippen LogP contribution in [-0.4, -0.2) is 23.7 Å². The van der Waals surface area contributed by atoms with E-state index in [0.29, 0.717) is 5.56 Å². The van der Waals surface area contributed by atoms with Crippen LogP contribution in [0.3, 0.4) is 0 Å². The zero-order chi connectivity index (χ0) is 22.8. The normalized spacial score (nSPS) is 10.1. The van der Waals surface area contributed by atoms with Crippen molar-refractivity contribution in [3.8, 4) is 17.2 Å². The van der Waals surface area contributed by atoms with Gasteiger partial charge in [0.25, 0.3) is 0 Å². The van der Waals surface area contributed by atoms with Gasteiger partial charge < -0.3 is 14.2 Å². The Morgan fingerprint density at radius 1 is 0.742 bits per heavy atom. The van der Waals surface area contributed by atoms with Gasteiger partial charge in [0.2, 0.25) is 0 Å². The predicted molar refractivity (Wildman–Crippen MR) is 114 cm³/mol. The average molecular weight is 418 g/mol. The Kier molecular flexibility index (Phi) is 7.98. The number of para-hydroxylation sites is 1. The fourth-order valence-corrected chi connectivity index (χ4v) is 2.29. The van der Waals surface area contributed by atoms with Crippen LogP contribution in [0.15, 0.2) is 86.5 Å². The maximum atomic E-state index is 12.8. The van der Waals surface area contributed by atoms with Crippen molar-refractivity contribution in [3.05, 3.63) is 97.6 Å². The largest absolute Gasteiger partial charge is 0.423 e. The highest BCUT2D eigenvalue weighted by Gasteiger charge is 2.19. The molecule has 0 amide bonds. The summed E-state index contributed by atoms with van der Waals surface area (Å²) in [5.74, 6) is -2.85. The molecule has 7 nitrogen and oxygen atoms in total. The van der Waals surface area contributed by atoms with E-state index in [2.05, 4.69) is 19.7 Å². The molecule has 31 heavy (non-hydrogen) atoms. The lowest BCUT2D eigenvalue weighted by molar-refractivity contribution is -0.131. The standard InChI is InChI=1S/C24H18O7/c1-4-21(26)29-17-10-7-9-16(15-17)13-14-19(25)18-11-8-12-20(30-22(27)5-2)24(18)31-23(28)6-3/h4-15H,1-3H2. The first-order valence-electron chi connectivity index (χ1n) is 8.86. The molecule has 0 atom stereocenters. The van der Waals surface area contributed by atoms with Crippen LogP contribution in [0, 0.1) is 0 Å². The number of carbonyl (C=O) groups excluding carboxylic acids is 4. The van der Waals surface area contributed by atoms with E-state index in [-0.39, 0.29) is 22.8 Å². The molecule has 0 spiro atoms. The first kappa shape index (κ1) is 22.8. The molecule has 0 saturated heterocycles. The molecule has 0 heterocycles. The van der Waals surface area contributed by atoms with Crippen LogP contribution in [0.5, 0.6) is 17.2 Å². The minimum atomic E-state index is -0.836. The maximum absolute atomic E-state index is 12.8. The quantitative estimate of drug-likeness (QED) is 0.264. The topological polar surface area (TPSA) is 96.0 Å². The first-order chi connectivity index (χ1) is 14.9. The highest BCUT2D eigenvalue weighted by Crippen LogP contribution is 2.32. The summed E-state index contributed by atoms with van der Waals surface area (Å²) in [5.41, 5.74) is 0.552. The second kappa shape index (κ2) is 10.9. The lowest BCUT2D eigenvalue weighted by Gasteiger charge is -2.11. The molecule has 0 fully saturated rings. The van der Waals surface area contributed by atoms with Gasteiger partial charge in [0.05, 0.1) is 5.56 Å². The van der Waals surface area contributed by atoms with Gasteiger partial charge >= 0.3 is 17.9 Å². The summed E-state index contributed by atoms with van der Waals surface area (Å²) in [6.45, 7) is 9.94.